The Morgan fingerprint density at radius 2 is 1.83 bits per heavy atom. The molecule has 2 N–H and O–H groups in total. The van der Waals surface area contributed by atoms with Crippen molar-refractivity contribution in [3.8, 4) is 17.2 Å². The molecule has 1 aromatic heterocycles. The van der Waals surface area contributed by atoms with E-state index in [1.807, 2.05) is 48.5 Å². The van der Waals surface area contributed by atoms with Gasteiger partial charge in [0, 0.05) is 29.0 Å². The minimum absolute atomic E-state index is 0.0985. The Balaban J connectivity index is 1.63. The second-order valence-corrected chi connectivity index (χ2v) is 7.72. The summed E-state index contributed by atoms with van der Waals surface area (Å²) in [6, 6.07) is 19.5. The topological polar surface area (TPSA) is 91.5 Å². The normalized spacial score (nSPS) is 11.2. The predicted molar refractivity (Wildman–Crippen MR) is 116 cm³/mol. The third-order valence-corrected chi connectivity index (χ3v) is 5.44. The van der Waals surface area contributed by atoms with Crippen LogP contribution in [0.25, 0.3) is 10.1 Å². The molecule has 4 aromatic rings. The van der Waals surface area contributed by atoms with Gasteiger partial charge in [-0.2, -0.15) is 0 Å². The van der Waals surface area contributed by atoms with Crippen LogP contribution in [0.15, 0.2) is 77.0 Å². The van der Waals surface area contributed by atoms with Gasteiger partial charge in [0.1, 0.15) is 11.5 Å². The Hall–Kier alpha value is -3.71. The number of phenols is 2. The summed E-state index contributed by atoms with van der Waals surface area (Å²) in [6.45, 7) is 1.35. The van der Waals surface area contributed by atoms with E-state index < -0.39 is 5.97 Å². The average Bonchev–Trinajstić information content (AvgIpc) is 3.06. The first-order valence-electron chi connectivity index (χ1n) is 9.21. The number of ether oxygens (including phenoxy) is 1. The summed E-state index contributed by atoms with van der Waals surface area (Å²) in [5, 5.41) is 29.6. The third kappa shape index (κ3) is 4.31. The number of rotatable bonds is 5. The first-order valence-corrected chi connectivity index (χ1v) is 10.0. The third-order valence-electron chi connectivity index (χ3n) is 4.40. The summed E-state index contributed by atoms with van der Waals surface area (Å²) in [4.78, 5) is 11.5. The summed E-state index contributed by atoms with van der Waals surface area (Å²) in [7, 11) is 0. The number of phenolic OH excluding ortho intramolecular Hbond substituents is 2. The largest absolute Gasteiger partial charge is 0.508 e. The van der Waals surface area contributed by atoms with E-state index in [1.165, 1.54) is 36.5 Å². The number of hydrogen-bond donors (Lipinski definition) is 2. The summed E-state index contributed by atoms with van der Waals surface area (Å²) in [5.74, 6) is 0.216. The maximum absolute atomic E-state index is 11.5. The fraction of sp³-hybridized carbons (Fsp3) is 0.0870. The first kappa shape index (κ1) is 19.6. The molecule has 1 heterocycles. The molecule has 150 valence electrons. The summed E-state index contributed by atoms with van der Waals surface area (Å²) >= 11 is 1.40. The molecule has 0 aliphatic carbocycles. The number of aromatic hydroxyl groups is 2. The fourth-order valence-electron chi connectivity index (χ4n) is 3.08. The van der Waals surface area contributed by atoms with E-state index >= 15 is 0 Å². The van der Waals surface area contributed by atoms with Crippen LogP contribution < -0.4 is 4.74 Å². The van der Waals surface area contributed by atoms with Gasteiger partial charge in [-0.3, -0.25) is 4.79 Å². The van der Waals surface area contributed by atoms with Crippen molar-refractivity contribution in [2.24, 2.45) is 10.2 Å². The van der Waals surface area contributed by atoms with Crippen molar-refractivity contribution in [1.82, 2.24) is 0 Å². The Kier molecular flexibility index (Phi) is 5.45. The van der Waals surface area contributed by atoms with Crippen molar-refractivity contribution < 1.29 is 19.7 Å². The Bertz CT molecular complexity index is 1260. The number of hydrogen-bond acceptors (Lipinski definition) is 7. The number of carbonyl (C=O) groups is 1. The maximum atomic E-state index is 11.5. The highest BCUT2D eigenvalue weighted by Gasteiger charge is 2.15. The molecule has 0 aliphatic heterocycles. The van der Waals surface area contributed by atoms with Crippen molar-refractivity contribution >= 4 is 38.1 Å². The number of azo groups is 1. The molecule has 30 heavy (non-hydrogen) atoms. The number of carbonyl (C=O) groups excluding carboxylic acids is 1. The van der Waals surface area contributed by atoms with E-state index in [1.54, 1.807) is 0 Å². The molecule has 0 saturated carbocycles. The minimum Gasteiger partial charge on any atom is -0.508 e. The summed E-state index contributed by atoms with van der Waals surface area (Å²) in [5.41, 5.74) is 2.15. The molecular weight excluding hydrogens is 400 g/mol. The van der Waals surface area contributed by atoms with Gasteiger partial charge in [-0.1, -0.05) is 24.3 Å². The van der Waals surface area contributed by atoms with Crippen LogP contribution >= 0.6 is 11.3 Å². The second kappa shape index (κ2) is 8.34. The van der Waals surface area contributed by atoms with Crippen LogP contribution in [0.4, 0.5) is 10.7 Å². The lowest BCUT2D eigenvalue weighted by Gasteiger charge is -2.06. The fourth-order valence-corrected chi connectivity index (χ4v) is 4.03. The van der Waals surface area contributed by atoms with Gasteiger partial charge < -0.3 is 14.9 Å². The van der Waals surface area contributed by atoms with Crippen LogP contribution in [0.1, 0.15) is 18.1 Å². The zero-order valence-corrected chi connectivity index (χ0v) is 16.9. The molecular formula is C23H18N2O4S. The average molecular weight is 418 g/mol. The molecule has 0 radical (unpaired) electrons. The highest BCUT2D eigenvalue weighted by Crippen LogP contribution is 2.44. The van der Waals surface area contributed by atoms with Gasteiger partial charge >= 0.3 is 5.97 Å². The van der Waals surface area contributed by atoms with Gasteiger partial charge in [-0.25, -0.2) is 0 Å². The monoisotopic (exact) mass is 418 g/mol. The predicted octanol–water partition coefficient (Wildman–Crippen LogP) is 6.24. The Morgan fingerprint density at radius 3 is 2.67 bits per heavy atom. The van der Waals surface area contributed by atoms with Gasteiger partial charge in [0.25, 0.3) is 0 Å². The molecule has 0 bridgehead atoms. The van der Waals surface area contributed by atoms with Gasteiger partial charge in [0.05, 0.1) is 5.69 Å². The SMILES string of the molecule is CC(=O)Oc1c(N=Nc2cccc(Cc3cc(O)ccc3O)c2)sc2ccccc12. The smallest absolute Gasteiger partial charge is 0.308 e. The Morgan fingerprint density at radius 1 is 1.00 bits per heavy atom. The van der Waals surface area contributed by atoms with Crippen molar-refractivity contribution in [1.29, 1.82) is 0 Å². The van der Waals surface area contributed by atoms with Gasteiger partial charge in [-0.15, -0.1) is 21.6 Å². The van der Waals surface area contributed by atoms with Crippen LogP contribution in [0, 0.1) is 0 Å². The number of thiophene rings is 1. The molecule has 0 saturated heterocycles. The molecule has 0 spiro atoms. The van der Waals surface area contributed by atoms with E-state index in [9.17, 15) is 15.0 Å². The molecule has 0 atom stereocenters. The molecule has 3 aromatic carbocycles. The zero-order valence-electron chi connectivity index (χ0n) is 16.1. The second-order valence-electron chi connectivity index (χ2n) is 6.69. The summed E-state index contributed by atoms with van der Waals surface area (Å²) in [6.07, 6.45) is 0.436. The van der Waals surface area contributed by atoms with Crippen molar-refractivity contribution in [3.63, 3.8) is 0 Å². The van der Waals surface area contributed by atoms with Crippen LogP contribution in [-0.2, 0) is 11.2 Å². The molecule has 0 fully saturated rings. The number of nitrogens with zero attached hydrogens (tertiary/aromatic N) is 2. The molecule has 7 heteroatoms. The quantitative estimate of drug-likeness (QED) is 0.228. The van der Waals surface area contributed by atoms with Crippen LogP contribution in [0.3, 0.4) is 0 Å². The number of esters is 1. The lowest BCUT2D eigenvalue weighted by Crippen LogP contribution is -2.00. The van der Waals surface area contributed by atoms with Crippen LogP contribution in [0.5, 0.6) is 17.2 Å². The van der Waals surface area contributed by atoms with E-state index in [0.29, 0.717) is 28.4 Å². The number of benzene rings is 3. The minimum atomic E-state index is -0.414. The highest BCUT2D eigenvalue weighted by molar-refractivity contribution is 7.23. The first-order chi connectivity index (χ1) is 14.5. The van der Waals surface area contributed by atoms with Crippen molar-refractivity contribution in [3.05, 3.63) is 77.9 Å². The summed E-state index contributed by atoms with van der Waals surface area (Å²) < 4.78 is 6.33. The van der Waals surface area contributed by atoms with Crippen LogP contribution in [0.2, 0.25) is 0 Å². The van der Waals surface area contributed by atoms with Gasteiger partial charge in [0.15, 0.2) is 10.8 Å². The zero-order chi connectivity index (χ0) is 21.1. The van der Waals surface area contributed by atoms with Crippen LogP contribution in [-0.4, -0.2) is 16.2 Å². The number of fused-ring (bicyclic) bond motifs is 1. The van der Waals surface area contributed by atoms with Gasteiger partial charge in [-0.05, 0) is 48.0 Å². The van der Waals surface area contributed by atoms with E-state index in [-0.39, 0.29) is 11.5 Å². The molecule has 0 aliphatic rings. The molecule has 0 unspecified atom stereocenters. The van der Waals surface area contributed by atoms with E-state index in [0.717, 1.165) is 15.6 Å². The molecule has 6 nitrogen and oxygen atoms in total. The highest BCUT2D eigenvalue weighted by atomic mass is 32.1. The van der Waals surface area contributed by atoms with E-state index in [4.69, 9.17) is 4.74 Å². The van der Waals surface area contributed by atoms with Gasteiger partial charge in [0.2, 0.25) is 0 Å². The van der Waals surface area contributed by atoms with E-state index in [2.05, 4.69) is 10.2 Å². The standard InChI is InChI=1S/C23H18N2O4S/c1-14(26)29-22-19-7-2-3-8-21(19)30-23(22)25-24-17-6-4-5-15(12-17)11-16-13-18(27)9-10-20(16)28/h2-10,12-13,27-28H,11H2,1H3. The lowest BCUT2D eigenvalue weighted by molar-refractivity contribution is -0.131. The lowest BCUT2D eigenvalue weighted by atomic mass is 10.0. The molecule has 0 amide bonds. The van der Waals surface area contributed by atoms with Crippen molar-refractivity contribution in [2.75, 3.05) is 0 Å². The van der Waals surface area contributed by atoms with Crippen molar-refractivity contribution in [2.45, 2.75) is 13.3 Å². The Labute approximate surface area is 176 Å². The molecule has 4 rings (SSSR count). The maximum Gasteiger partial charge on any atom is 0.308 e.